The van der Waals surface area contributed by atoms with Gasteiger partial charge in [0.05, 0.1) is 10.7 Å². The molecule has 0 saturated carbocycles. The monoisotopic (exact) mass is 279 g/mol. The number of aryl methyl sites for hydroxylation is 1. The zero-order valence-electron chi connectivity index (χ0n) is 10.1. The number of pyridine rings is 1. The van der Waals surface area contributed by atoms with Gasteiger partial charge >= 0.3 is 0 Å². The Morgan fingerprint density at radius 3 is 2.79 bits per heavy atom. The van der Waals surface area contributed by atoms with Crippen molar-refractivity contribution < 1.29 is 9.18 Å². The molecule has 0 bridgehead atoms. The largest absolute Gasteiger partial charge is 0.384 e. The maximum atomic E-state index is 13.1. The summed E-state index contributed by atoms with van der Waals surface area (Å²) < 4.78 is 13.1. The first-order chi connectivity index (χ1) is 8.95. The van der Waals surface area contributed by atoms with E-state index in [1.807, 2.05) is 0 Å². The zero-order chi connectivity index (χ0) is 14.0. The summed E-state index contributed by atoms with van der Waals surface area (Å²) in [6, 6.07) is 6.76. The lowest BCUT2D eigenvalue weighted by Gasteiger charge is -2.08. The lowest BCUT2D eigenvalue weighted by atomic mass is 10.2. The molecular formula is C13H11ClFN3O. The van der Waals surface area contributed by atoms with Crippen molar-refractivity contribution in [1.82, 2.24) is 4.98 Å². The van der Waals surface area contributed by atoms with Gasteiger partial charge in [0.15, 0.2) is 0 Å². The van der Waals surface area contributed by atoms with Crippen LogP contribution < -0.4 is 11.1 Å². The number of nitrogens with zero attached hydrogens (tertiary/aromatic N) is 1. The molecule has 6 heteroatoms. The van der Waals surface area contributed by atoms with Gasteiger partial charge in [0.2, 0.25) is 0 Å². The van der Waals surface area contributed by atoms with E-state index in [1.54, 1.807) is 13.0 Å². The van der Waals surface area contributed by atoms with E-state index in [-0.39, 0.29) is 16.5 Å². The molecule has 0 fully saturated rings. The third-order valence-electron chi connectivity index (χ3n) is 2.41. The average molecular weight is 280 g/mol. The van der Waals surface area contributed by atoms with E-state index in [9.17, 15) is 9.18 Å². The molecular weight excluding hydrogens is 269 g/mol. The predicted octanol–water partition coefficient (Wildman–Crippen LogP) is 3.02. The van der Waals surface area contributed by atoms with Crippen molar-refractivity contribution in [3.8, 4) is 0 Å². The van der Waals surface area contributed by atoms with E-state index in [1.165, 1.54) is 18.2 Å². The first-order valence-electron chi connectivity index (χ1n) is 5.46. The highest BCUT2D eigenvalue weighted by molar-refractivity contribution is 6.33. The fourth-order valence-electron chi connectivity index (χ4n) is 1.61. The molecule has 0 aliphatic rings. The number of hydrogen-bond acceptors (Lipinski definition) is 3. The summed E-state index contributed by atoms with van der Waals surface area (Å²) in [7, 11) is 0. The van der Waals surface area contributed by atoms with Crippen LogP contribution in [0, 0.1) is 12.7 Å². The Morgan fingerprint density at radius 2 is 2.11 bits per heavy atom. The predicted molar refractivity (Wildman–Crippen MR) is 72.7 cm³/mol. The van der Waals surface area contributed by atoms with Crippen LogP contribution in [0.3, 0.4) is 0 Å². The Kier molecular flexibility index (Phi) is 3.66. The Balaban J connectivity index is 2.28. The van der Waals surface area contributed by atoms with E-state index in [4.69, 9.17) is 17.3 Å². The van der Waals surface area contributed by atoms with Gasteiger partial charge in [-0.2, -0.15) is 0 Å². The number of benzene rings is 1. The number of nitrogens with one attached hydrogen (secondary N) is 1. The Labute approximate surface area is 114 Å². The van der Waals surface area contributed by atoms with Crippen molar-refractivity contribution in [2.45, 2.75) is 6.92 Å². The van der Waals surface area contributed by atoms with E-state index in [0.29, 0.717) is 11.3 Å². The first kappa shape index (κ1) is 13.3. The number of rotatable bonds is 2. The van der Waals surface area contributed by atoms with Crippen LogP contribution in [0.4, 0.5) is 15.9 Å². The first-order valence-corrected chi connectivity index (χ1v) is 5.84. The van der Waals surface area contributed by atoms with Crippen molar-refractivity contribution in [3.63, 3.8) is 0 Å². The van der Waals surface area contributed by atoms with Crippen LogP contribution in [-0.2, 0) is 0 Å². The Morgan fingerprint density at radius 1 is 1.37 bits per heavy atom. The molecule has 0 aliphatic heterocycles. The number of hydrogen-bond donors (Lipinski definition) is 2. The van der Waals surface area contributed by atoms with Gasteiger partial charge in [-0.15, -0.1) is 0 Å². The summed E-state index contributed by atoms with van der Waals surface area (Å²) in [4.78, 5) is 16.0. The highest BCUT2D eigenvalue weighted by atomic mass is 35.5. The van der Waals surface area contributed by atoms with Crippen molar-refractivity contribution in [1.29, 1.82) is 0 Å². The molecule has 2 aromatic rings. The quantitative estimate of drug-likeness (QED) is 0.888. The minimum atomic E-state index is -0.481. The lowest BCUT2D eigenvalue weighted by Crippen LogP contribution is -2.13. The fraction of sp³-hybridized carbons (Fsp3) is 0.0769. The minimum Gasteiger partial charge on any atom is -0.384 e. The van der Waals surface area contributed by atoms with Crippen LogP contribution in [0.5, 0.6) is 0 Å². The average Bonchev–Trinajstić information content (AvgIpc) is 2.32. The van der Waals surface area contributed by atoms with Crippen LogP contribution in [0.2, 0.25) is 5.02 Å². The number of nitrogen functional groups attached to an aromatic ring is 1. The van der Waals surface area contributed by atoms with Gasteiger partial charge < -0.3 is 11.1 Å². The molecule has 19 heavy (non-hydrogen) atoms. The summed E-state index contributed by atoms with van der Waals surface area (Å²) in [6.07, 6.45) is 0. The third-order valence-corrected chi connectivity index (χ3v) is 2.74. The molecule has 0 saturated heterocycles. The van der Waals surface area contributed by atoms with Crippen LogP contribution in [0.25, 0.3) is 0 Å². The highest BCUT2D eigenvalue weighted by Crippen LogP contribution is 2.23. The summed E-state index contributed by atoms with van der Waals surface area (Å²) in [5.41, 5.74) is 6.73. The summed E-state index contributed by atoms with van der Waals surface area (Å²) in [5, 5.41) is 2.79. The molecule has 0 aliphatic carbocycles. The molecule has 0 unspecified atom stereocenters. The number of carbonyl (C=O) groups is 1. The molecule has 1 amide bonds. The topological polar surface area (TPSA) is 68.0 Å². The van der Waals surface area contributed by atoms with Crippen LogP contribution >= 0.6 is 11.6 Å². The second-order valence-electron chi connectivity index (χ2n) is 4.00. The van der Waals surface area contributed by atoms with Gasteiger partial charge in [-0.3, -0.25) is 4.79 Å². The SMILES string of the molecule is Cc1cc(C(=O)Nc2cc(F)ccc2Cl)cc(N)n1. The maximum absolute atomic E-state index is 13.1. The number of amides is 1. The molecule has 1 aromatic heterocycles. The molecule has 3 N–H and O–H groups in total. The van der Waals surface area contributed by atoms with E-state index in [0.717, 1.165) is 6.07 Å². The van der Waals surface area contributed by atoms with E-state index in [2.05, 4.69) is 10.3 Å². The molecule has 2 rings (SSSR count). The maximum Gasteiger partial charge on any atom is 0.255 e. The van der Waals surface area contributed by atoms with Gasteiger partial charge in [-0.05, 0) is 37.3 Å². The second kappa shape index (κ2) is 5.24. The lowest BCUT2D eigenvalue weighted by molar-refractivity contribution is 0.102. The molecule has 98 valence electrons. The molecule has 0 spiro atoms. The Bertz CT molecular complexity index is 626. The van der Waals surface area contributed by atoms with Crippen LogP contribution in [0.1, 0.15) is 16.1 Å². The number of anilines is 2. The smallest absolute Gasteiger partial charge is 0.255 e. The van der Waals surface area contributed by atoms with Gasteiger partial charge in [0, 0.05) is 11.3 Å². The van der Waals surface area contributed by atoms with Crippen molar-refractivity contribution in [3.05, 3.63) is 52.4 Å². The second-order valence-corrected chi connectivity index (χ2v) is 4.41. The van der Waals surface area contributed by atoms with Gasteiger partial charge in [0.25, 0.3) is 5.91 Å². The summed E-state index contributed by atoms with van der Waals surface area (Å²) in [5.74, 6) is -0.662. The molecule has 1 heterocycles. The zero-order valence-corrected chi connectivity index (χ0v) is 10.8. The van der Waals surface area contributed by atoms with E-state index < -0.39 is 11.7 Å². The van der Waals surface area contributed by atoms with E-state index >= 15 is 0 Å². The minimum absolute atomic E-state index is 0.208. The van der Waals surface area contributed by atoms with Gasteiger partial charge in [-0.1, -0.05) is 11.6 Å². The molecule has 0 radical (unpaired) electrons. The summed E-state index contributed by atoms with van der Waals surface area (Å²) >= 11 is 5.87. The number of halogens is 2. The number of nitrogens with two attached hydrogens (primary N) is 1. The van der Waals surface area contributed by atoms with Crippen molar-refractivity contribution in [2.24, 2.45) is 0 Å². The number of carbonyl (C=O) groups excluding carboxylic acids is 1. The fourth-order valence-corrected chi connectivity index (χ4v) is 1.78. The van der Waals surface area contributed by atoms with Crippen LogP contribution in [0.15, 0.2) is 30.3 Å². The van der Waals surface area contributed by atoms with Gasteiger partial charge in [-0.25, -0.2) is 9.37 Å². The number of aromatic nitrogens is 1. The van der Waals surface area contributed by atoms with Crippen molar-refractivity contribution >= 4 is 29.0 Å². The standard InChI is InChI=1S/C13H11ClFN3O/c1-7-4-8(5-12(16)17-7)13(19)18-11-6-9(15)2-3-10(11)14/h2-6H,1H3,(H2,16,17)(H,18,19). The third kappa shape index (κ3) is 3.20. The normalized spacial score (nSPS) is 10.3. The highest BCUT2D eigenvalue weighted by Gasteiger charge is 2.10. The van der Waals surface area contributed by atoms with Crippen LogP contribution in [-0.4, -0.2) is 10.9 Å². The summed E-state index contributed by atoms with van der Waals surface area (Å²) in [6.45, 7) is 1.72. The molecule has 0 atom stereocenters. The Hall–Kier alpha value is -2.14. The van der Waals surface area contributed by atoms with Crippen molar-refractivity contribution in [2.75, 3.05) is 11.1 Å². The molecule has 4 nitrogen and oxygen atoms in total. The molecule has 1 aromatic carbocycles. The van der Waals surface area contributed by atoms with Gasteiger partial charge in [0.1, 0.15) is 11.6 Å².